The number of sulfonamides is 1. The second-order valence-corrected chi connectivity index (χ2v) is 8.22. The van der Waals surface area contributed by atoms with Crippen LogP contribution >= 0.6 is 0 Å². The fourth-order valence-corrected chi connectivity index (χ4v) is 3.98. The molecule has 0 bridgehead atoms. The van der Waals surface area contributed by atoms with Gasteiger partial charge in [0.25, 0.3) is 0 Å². The first-order valence-corrected chi connectivity index (χ1v) is 9.91. The van der Waals surface area contributed by atoms with Crippen LogP contribution in [0.1, 0.15) is 17.0 Å². The molecule has 27 heavy (non-hydrogen) atoms. The van der Waals surface area contributed by atoms with Gasteiger partial charge in [0.05, 0.1) is 11.4 Å². The average Bonchev–Trinajstić information content (AvgIpc) is 3.10. The van der Waals surface area contributed by atoms with E-state index < -0.39 is 10.0 Å². The van der Waals surface area contributed by atoms with Gasteiger partial charge in [-0.25, -0.2) is 8.42 Å². The third kappa shape index (κ3) is 4.32. The van der Waals surface area contributed by atoms with Gasteiger partial charge in [0, 0.05) is 12.1 Å². The maximum atomic E-state index is 12.9. The van der Waals surface area contributed by atoms with Crippen LogP contribution in [-0.2, 0) is 16.6 Å². The van der Waals surface area contributed by atoms with E-state index in [0.717, 1.165) is 16.7 Å². The molecule has 7 heteroatoms. The quantitative estimate of drug-likeness (QED) is 0.581. The average molecular weight is 383 g/mol. The maximum Gasteiger partial charge on any atom is 0.243 e. The van der Waals surface area contributed by atoms with Gasteiger partial charge in [0.1, 0.15) is 0 Å². The molecule has 0 radical (unpaired) electrons. The van der Waals surface area contributed by atoms with E-state index in [2.05, 4.69) is 16.7 Å². The van der Waals surface area contributed by atoms with E-state index in [1.807, 2.05) is 38.1 Å². The highest BCUT2D eigenvalue weighted by Gasteiger charge is 2.25. The van der Waals surface area contributed by atoms with Crippen LogP contribution in [0.4, 0.5) is 0 Å². The highest BCUT2D eigenvalue weighted by molar-refractivity contribution is 7.89. The molecule has 0 aliphatic heterocycles. The molecule has 0 saturated heterocycles. The minimum Gasteiger partial charge on any atom is -0.338 e. The van der Waals surface area contributed by atoms with Gasteiger partial charge in [-0.05, 0) is 32.0 Å². The van der Waals surface area contributed by atoms with E-state index in [9.17, 15) is 8.42 Å². The summed E-state index contributed by atoms with van der Waals surface area (Å²) in [6, 6.07) is 14.4. The lowest BCUT2D eigenvalue weighted by atomic mass is 10.1. The first kappa shape index (κ1) is 19.0. The molecule has 0 unspecified atom stereocenters. The van der Waals surface area contributed by atoms with E-state index >= 15 is 0 Å². The SMILES string of the molecule is C=CCN(Cc1nc(-c2cccc(C)c2)no1)S(=O)(=O)c1ccc(C)cc1. The smallest absolute Gasteiger partial charge is 0.243 e. The Hall–Kier alpha value is -2.77. The highest BCUT2D eigenvalue weighted by Crippen LogP contribution is 2.21. The van der Waals surface area contributed by atoms with Crippen LogP contribution in [0.3, 0.4) is 0 Å². The minimum absolute atomic E-state index is 0.0267. The minimum atomic E-state index is -3.71. The lowest BCUT2D eigenvalue weighted by Crippen LogP contribution is -2.31. The molecule has 0 N–H and O–H groups in total. The fourth-order valence-electron chi connectivity index (χ4n) is 2.62. The van der Waals surface area contributed by atoms with E-state index in [1.54, 1.807) is 24.3 Å². The molecular formula is C20H21N3O3S. The topological polar surface area (TPSA) is 76.3 Å². The zero-order valence-electron chi connectivity index (χ0n) is 15.3. The molecule has 140 valence electrons. The number of benzene rings is 2. The van der Waals surface area contributed by atoms with Crippen LogP contribution in [0, 0.1) is 13.8 Å². The van der Waals surface area contributed by atoms with Crippen LogP contribution in [0.5, 0.6) is 0 Å². The Morgan fingerprint density at radius 2 is 1.85 bits per heavy atom. The van der Waals surface area contributed by atoms with E-state index in [4.69, 9.17) is 4.52 Å². The Bertz CT molecular complexity index is 1040. The number of hydrogen-bond acceptors (Lipinski definition) is 5. The van der Waals surface area contributed by atoms with Crippen LogP contribution in [-0.4, -0.2) is 29.4 Å². The molecule has 0 saturated carbocycles. The van der Waals surface area contributed by atoms with Gasteiger partial charge in [-0.2, -0.15) is 9.29 Å². The van der Waals surface area contributed by atoms with Crippen molar-refractivity contribution in [3.63, 3.8) is 0 Å². The monoisotopic (exact) mass is 383 g/mol. The zero-order chi connectivity index (χ0) is 19.4. The lowest BCUT2D eigenvalue weighted by molar-refractivity contribution is 0.327. The Morgan fingerprint density at radius 3 is 2.52 bits per heavy atom. The summed E-state index contributed by atoms with van der Waals surface area (Å²) >= 11 is 0. The molecule has 2 aromatic carbocycles. The molecule has 1 aromatic heterocycles. The lowest BCUT2D eigenvalue weighted by Gasteiger charge is -2.18. The normalized spacial score (nSPS) is 11.7. The molecule has 0 aliphatic rings. The van der Waals surface area contributed by atoms with Crippen LogP contribution in [0.25, 0.3) is 11.4 Å². The van der Waals surface area contributed by atoms with Gasteiger partial charge in [0.15, 0.2) is 0 Å². The summed E-state index contributed by atoms with van der Waals surface area (Å²) in [5.74, 6) is 0.657. The van der Waals surface area contributed by atoms with Crippen molar-refractivity contribution >= 4 is 10.0 Å². The van der Waals surface area contributed by atoms with Crippen LogP contribution < -0.4 is 0 Å². The number of aromatic nitrogens is 2. The van der Waals surface area contributed by atoms with Gasteiger partial charge in [-0.15, -0.1) is 6.58 Å². The molecule has 0 spiro atoms. The van der Waals surface area contributed by atoms with Crippen LogP contribution in [0.15, 0.2) is 70.6 Å². The standard InChI is InChI=1S/C20H21N3O3S/c1-4-12-23(27(24,25)18-10-8-15(2)9-11-18)14-19-21-20(22-26-19)17-7-5-6-16(3)13-17/h4-11,13H,1,12,14H2,2-3H3. The first-order chi connectivity index (χ1) is 12.9. The van der Waals surface area contributed by atoms with E-state index in [1.165, 1.54) is 10.4 Å². The van der Waals surface area contributed by atoms with E-state index in [-0.39, 0.29) is 23.9 Å². The summed E-state index contributed by atoms with van der Waals surface area (Å²) in [5, 5.41) is 3.97. The summed E-state index contributed by atoms with van der Waals surface area (Å²) in [6.45, 7) is 7.65. The van der Waals surface area contributed by atoms with Crippen molar-refractivity contribution in [2.75, 3.05) is 6.54 Å². The maximum absolute atomic E-state index is 12.9. The molecule has 1 heterocycles. The van der Waals surface area contributed by atoms with Gasteiger partial charge < -0.3 is 4.52 Å². The molecule has 0 amide bonds. The van der Waals surface area contributed by atoms with E-state index in [0.29, 0.717) is 5.82 Å². The van der Waals surface area contributed by atoms with Gasteiger partial charge in [-0.3, -0.25) is 0 Å². The Kier molecular flexibility index (Phi) is 5.53. The van der Waals surface area contributed by atoms with Crippen molar-refractivity contribution in [1.82, 2.24) is 14.4 Å². The largest absolute Gasteiger partial charge is 0.338 e. The summed E-state index contributed by atoms with van der Waals surface area (Å²) in [6.07, 6.45) is 1.53. The van der Waals surface area contributed by atoms with Crippen molar-refractivity contribution in [2.45, 2.75) is 25.3 Å². The van der Waals surface area contributed by atoms with Gasteiger partial charge >= 0.3 is 0 Å². The predicted octanol–water partition coefficient (Wildman–Crippen LogP) is 3.73. The number of hydrogen-bond donors (Lipinski definition) is 0. The predicted molar refractivity (Wildman–Crippen MR) is 103 cm³/mol. The molecule has 3 aromatic rings. The Labute approximate surface area is 159 Å². The number of aryl methyl sites for hydroxylation is 2. The summed E-state index contributed by atoms with van der Waals surface area (Å²) in [5.41, 5.74) is 2.89. The first-order valence-electron chi connectivity index (χ1n) is 8.47. The fraction of sp³-hybridized carbons (Fsp3) is 0.200. The summed E-state index contributed by atoms with van der Waals surface area (Å²) < 4.78 is 32.4. The Morgan fingerprint density at radius 1 is 1.11 bits per heavy atom. The molecule has 6 nitrogen and oxygen atoms in total. The van der Waals surface area contributed by atoms with Crippen molar-refractivity contribution in [1.29, 1.82) is 0 Å². The molecule has 3 rings (SSSR count). The van der Waals surface area contributed by atoms with Crippen molar-refractivity contribution in [3.05, 3.63) is 78.2 Å². The second kappa shape index (κ2) is 7.85. The van der Waals surface area contributed by atoms with Gasteiger partial charge in [-0.1, -0.05) is 52.7 Å². The van der Waals surface area contributed by atoms with Crippen LogP contribution in [0.2, 0.25) is 0 Å². The summed E-state index contributed by atoms with van der Waals surface area (Å²) in [4.78, 5) is 4.56. The summed E-state index contributed by atoms with van der Waals surface area (Å²) in [7, 11) is -3.71. The zero-order valence-corrected chi connectivity index (χ0v) is 16.1. The molecular weight excluding hydrogens is 362 g/mol. The molecule has 0 atom stereocenters. The number of nitrogens with zero attached hydrogens (tertiary/aromatic N) is 3. The van der Waals surface area contributed by atoms with Crippen molar-refractivity contribution < 1.29 is 12.9 Å². The van der Waals surface area contributed by atoms with Crippen molar-refractivity contribution in [2.24, 2.45) is 0 Å². The highest BCUT2D eigenvalue weighted by atomic mass is 32.2. The van der Waals surface area contributed by atoms with Crippen molar-refractivity contribution in [3.8, 4) is 11.4 Å². The Balaban J connectivity index is 1.87. The molecule has 0 fully saturated rings. The molecule has 0 aliphatic carbocycles. The third-order valence-electron chi connectivity index (χ3n) is 4.05. The second-order valence-electron chi connectivity index (χ2n) is 6.28. The number of rotatable bonds is 7. The van der Waals surface area contributed by atoms with Gasteiger partial charge in [0.2, 0.25) is 21.7 Å². The third-order valence-corrected chi connectivity index (χ3v) is 5.87.